The van der Waals surface area contributed by atoms with Crippen LogP contribution >= 0.6 is 0 Å². The van der Waals surface area contributed by atoms with Crippen LogP contribution in [0.25, 0.3) is 16.6 Å². The summed E-state index contributed by atoms with van der Waals surface area (Å²) in [5, 5.41) is 1.08. The van der Waals surface area contributed by atoms with E-state index in [0.29, 0.717) is 6.54 Å². The molecule has 3 rings (SSSR count). The molecule has 3 heterocycles. The first kappa shape index (κ1) is 14.6. The Kier molecular flexibility index (Phi) is 3.64. The number of aromatic nitrogens is 2. The maximum absolute atomic E-state index is 12.2. The number of carbonyl (C=O) groups excluding carboxylic acids is 1. The highest BCUT2D eigenvalue weighted by molar-refractivity contribution is 5.91. The van der Waals surface area contributed by atoms with Crippen molar-refractivity contribution in [3.05, 3.63) is 36.3 Å². The van der Waals surface area contributed by atoms with Crippen molar-refractivity contribution in [2.45, 2.75) is 39.2 Å². The Morgan fingerprint density at radius 1 is 1.41 bits per heavy atom. The number of ether oxygens (including phenoxy) is 1. The summed E-state index contributed by atoms with van der Waals surface area (Å²) in [4.78, 5) is 21.4. The summed E-state index contributed by atoms with van der Waals surface area (Å²) >= 11 is 0. The van der Waals surface area contributed by atoms with Crippen LogP contribution < -0.4 is 0 Å². The van der Waals surface area contributed by atoms with Gasteiger partial charge in [-0.1, -0.05) is 0 Å². The van der Waals surface area contributed by atoms with Gasteiger partial charge in [0.2, 0.25) is 0 Å². The molecule has 116 valence electrons. The third-order valence-corrected chi connectivity index (χ3v) is 3.58. The molecule has 0 saturated heterocycles. The number of allylic oxidation sites excluding steroid dienone is 1. The molecular weight excluding hydrogens is 278 g/mol. The lowest BCUT2D eigenvalue weighted by atomic mass is 9.99. The molecule has 5 heteroatoms. The van der Waals surface area contributed by atoms with Crippen molar-refractivity contribution in [3.63, 3.8) is 0 Å². The highest BCUT2D eigenvalue weighted by Gasteiger charge is 2.24. The molecule has 0 aromatic carbocycles. The lowest BCUT2D eigenvalue weighted by molar-refractivity contribution is 0.0329. The Morgan fingerprint density at radius 3 is 3.00 bits per heavy atom. The number of hydrogen-bond acceptors (Lipinski definition) is 3. The predicted octanol–water partition coefficient (Wildman–Crippen LogP) is 3.93. The number of pyridine rings is 1. The SMILES string of the molecule is CC(C)(C)OC(=O)N1C=C(c2c[nH]c3ncccc23)CCC1. The summed E-state index contributed by atoms with van der Waals surface area (Å²) in [6.45, 7) is 6.33. The zero-order chi connectivity index (χ0) is 15.7. The Balaban J connectivity index is 1.89. The molecule has 0 fully saturated rings. The Labute approximate surface area is 130 Å². The van der Waals surface area contributed by atoms with Crippen LogP contribution in [0.1, 0.15) is 39.2 Å². The third-order valence-electron chi connectivity index (χ3n) is 3.58. The predicted molar refractivity (Wildman–Crippen MR) is 86.2 cm³/mol. The lowest BCUT2D eigenvalue weighted by Crippen LogP contribution is -2.35. The number of hydrogen-bond donors (Lipinski definition) is 1. The first-order chi connectivity index (χ1) is 10.4. The maximum atomic E-state index is 12.2. The minimum atomic E-state index is -0.479. The van der Waals surface area contributed by atoms with Crippen molar-refractivity contribution in [2.24, 2.45) is 0 Å². The van der Waals surface area contributed by atoms with Gasteiger partial charge in [-0.2, -0.15) is 0 Å². The molecule has 0 atom stereocenters. The topological polar surface area (TPSA) is 58.2 Å². The minimum absolute atomic E-state index is 0.289. The number of carbonyl (C=O) groups is 1. The minimum Gasteiger partial charge on any atom is -0.443 e. The molecule has 1 aliphatic rings. The fourth-order valence-corrected chi connectivity index (χ4v) is 2.65. The molecule has 2 aromatic heterocycles. The van der Waals surface area contributed by atoms with E-state index in [4.69, 9.17) is 4.74 Å². The molecular formula is C17H21N3O2. The van der Waals surface area contributed by atoms with Gasteiger partial charge in [0, 0.05) is 36.1 Å². The molecule has 22 heavy (non-hydrogen) atoms. The Bertz CT molecular complexity index is 725. The molecule has 5 nitrogen and oxygen atoms in total. The van der Waals surface area contributed by atoms with Crippen LogP contribution in [-0.4, -0.2) is 33.1 Å². The van der Waals surface area contributed by atoms with E-state index in [1.165, 1.54) is 0 Å². The van der Waals surface area contributed by atoms with Crippen LogP contribution in [0, 0.1) is 0 Å². The number of H-pyrrole nitrogens is 1. The van der Waals surface area contributed by atoms with Gasteiger partial charge >= 0.3 is 6.09 Å². The smallest absolute Gasteiger partial charge is 0.414 e. The van der Waals surface area contributed by atoms with Gasteiger partial charge in [0.05, 0.1) is 0 Å². The molecule has 1 N–H and O–H groups in total. The van der Waals surface area contributed by atoms with Crippen LogP contribution in [-0.2, 0) is 4.74 Å². The van der Waals surface area contributed by atoms with E-state index in [-0.39, 0.29) is 6.09 Å². The van der Waals surface area contributed by atoms with Crippen LogP contribution in [0.3, 0.4) is 0 Å². The van der Waals surface area contributed by atoms with E-state index in [9.17, 15) is 4.79 Å². The summed E-state index contributed by atoms with van der Waals surface area (Å²) in [5.74, 6) is 0. The van der Waals surface area contributed by atoms with Crippen molar-refractivity contribution in [2.75, 3.05) is 6.54 Å². The van der Waals surface area contributed by atoms with Gasteiger partial charge in [0.15, 0.2) is 0 Å². The molecule has 1 amide bonds. The van der Waals surface area contributed by atoms with Gasteiger partial charge in [-0.05, 0) is 51.3 Å². The normalized spacial score (nSPS) is 15.8. The van der Waals surface area contributed by atoms with E-state index in [1.807, 2.05) is 45.3 Å². The summed E-state index contributed by atoms with van der Waals surface area (Å²) in [6, 6.07) is 3.97. The largest absolute Gasteiger partial charge is 0.443 e. The van der Waals surface area contributed by atoms with Gasteiger partial charge in [-0.15, -0.1) is 0 Å². The fourth-order valence-electron chi connectivity index (χ4n) is 2.65. The van der Waals surface area contributed by atoms with Gasteiger partial charge in [-0.3, -0.25) is 4.90 Å². The maximum Gasteiger partial charge on any atom is 0.414 e. The molecule has 0 bridgehead atoms. The van der Waals surface area contributed by atoms with Gasteiger partial charge in [-0.25, -0.2) is 9.78 Å². The van der Waals surface area contributed by atoms with Crippen LogP contribution in [0.5, 0.6) is 0 Å². The molecule has 0 radical (unpaired) electrons. The van der Waals surface area contributed by atoms with Gasteiger partial charge in [0.25, 0.3) is 0 Å². The van der Waals surface area contributed by atoms with Crippen LogP contribution in [0.2, 0.25) is 0 Å². The second-order valence-electron chi connectivity index (χ2n) is 6.53. The lowest BCUT2D eigenvalue weighted by Gasteiger charge is -2.28. The van der Waals surface area contributed by atoms with Gasteiger partial charge < -0.3 is 9.72 Å². The second-order valence-corrected chi connectivity index (χ2v) is 6.53. The highest BCUT2D eigenvalue weighted by Crippen LogP contribution is 2.30. The monoisotopic (exact) mass is 299 g/mol. The van der Waals surface area contributed by atoms with Crippen molar-refractivity contribution in [1.29, 1.82) is 0 Å². The molecule has 1 aliphatic heterocycles. The number of amides is 1. The standard InChI is InChI=1S/C17H21N3O2/c1-17(2,3)22-16(21)20-9-5-6-12(11-20)14-10-19-15-13(14)7-4-8-18-15/h4,7-8,10-11H,5-6,9H2,1-3H3,(H,18,19). The van der Waals surface area contributed by atoms with Gasteiger partial charge in [0.1, 0.15) is 11.2 Å². The van der Waals surface area contributed by atoms with Crippen molar-refractivity contribution in [1.82, 2.24) is 14.9 Å². The number of rotatable bonds is 1. The van der Waals surface area contributed by atoms with E-state index in [2.05, 4.69) is 9.97 Å². The first-order valence-corrected chi connectivity index (χ1v) is 7.57. The van der Waals surface area contributed by atoms with Crippen molar-refractivity contribution >= 4 is 22.7 Å². The number of fused-ring (bicyclic) bond motifs is 1. The van der Waals surface area contributed by atoms with E-state index >= 15 is 0 Å². The number of nitrogens with one attached hydrogen (secondary N) is 1. The van der Waals surface area contributed by atoms with Crippen LogP contribution in [0.15, 0.2) is 30.7 Å². The highest BCUT2D eigenvalue weighted by atomic mass is 16.6. The molecule has 0 spiro atoms. The summed E-state index contributed by atoms with van der Waals surface area (Å²) in [7, 11) is 0. The Hall–Kier alpha value is -2.30. The Morgan fingerprint density at radius 2 is 2.23 bits per heavy atom. The van der Waals surface area contributed by atoms with E-state index in [1.54, 1.807) is 11.1 Å². The fraction of sp³-hybridized carbons (Fsp3) is 0.412. The molecule has 2 aromatic rings. The average Bonchev–Trinajstić information content (AvgIpc) is 2.89. The number of nitrogens with zero attached hydrogens (tertiary/aromatic N) is 2. The zero-order valence-corrected chi connectivity index (χ0v) is 13.2. The number of aromatic amines is 1. The third kappa shape index (κ3) is 2.98. The van der Waals surface area contributed by atoms with Crippen molar-refractivity contribution in [3.8, 4) is 0 Å². The molecule has 0 unspecified atom stereocenters. The summed E-state index contributed by atoms with van der Waals surface area (Å²) in [5.41, 5.74) is 2.63. The second kappa shape index (κ2) is 5.48. The molecule has 0 aliphatic carbocycles. The summed E-state index contributed by atoms with van der Waals surface area (Å²) < 4.78 is 5.45. The molecule has 0 saturated carbocycles. The quantitative estimate of drug-likeness (QED) is 0.867. The van der Waals surface area contributed by atoms with Crippen molar-refractivity contribution < 1.29 is 9.53 Å². The van der Waals surface area contributed by atoms with E-state index < -0.39 is 5.60 Å². The van der Waals surface area contributed by atoms with Crippen LogP contribution in [0.4, 0.5) is 4.79 Å². The first-order valence-electron chi connectivity index (χ1n) is 7.57. The average molecular weight is 299 g/mol. The summed E-state index contributed by atoms with van der Waals surface area (Å²) in [6.07, 6.45) is 7.22. The zero-order valence-electron chi connectivity index (χ0n) is 13.2. The van der Waals surface area contributed by atoms with E-state index in [0.717, 1.165) is 35.0 Å².